The van der Waals surface area contributed by atoms with Gasteiger partial charge in [0.2, 0.25) is 5.91 Å². The maximum atomic E-state index is 13.5. The zero-order valence-corrected chi connectivity index (χ0v) is 19.8. The van der Waals surface area contributed by atoms with Crippen molar-refractivity contribution in [3.8, 4) is 11.3 Å². The molecule has 0 aliphatic carbocycles. The van der Waals surface area contributed by atoms with Crippen LogP contribution < -0.4 is 10.2 Å². The minimum Gasteiger partial charge on any atom is -0.355 e. The van der Waals surface area contributed by atoms with Crippen molar-refractivity contribution in [3.05, 3.63) is 108 Å². The molecule has 0 bridgehead atoms. The summed E-state index contributed by atoms with van der Waals surface area (Å²) in [6, 6.07) is 31.7. The lowest BCUT2D eigenvalue weighted by Crippen LogP contribution is -2.25. The molecule has 0 spiro atoms. The molecule has 1 fully saturated rings. The first-order valence-corrected chi connectivity index (χ1v) is 12.4. The molecular formula is C30H30N4O. The monoisotopic (exact) mass is 462 g/mol. The molecule has 5 rings (SSSR count). The van der Waals surface area contributed by atoms with E-state index in [4.69, 9.17) is 0 Å². The van der Waals surface area contributed by atoms with Crippen LogP contribution in [0.25, 0.3) is 11.3 Å². The standard InChI is InChI=1S/C30H30N4O/c35-30(29(23-12-5-3-6-13-23)24-14-7-4-8-15-24)31-26-17-11-16-25(22-26)27-18-19-28(33-32-27)34-20-9-1-2-10-21-34/h3-8,11-19,22,29H,1-2,9-10,20-21H2,(H,31,35). The second kappa shape index (κ2) is 11.0. The topological polar surface area (TPSA) is 58.1 Å². The van der Waals surface area contributed by atoms with Crippen LogP contribution in [0.5, 0.6) is 0 Å². The van der Waals surface area contributed by atoms with Crippen LogP contribution in [0, 0.1) is 0 Å². The molecule has 2 heterocycles. The molecule has 0 atom stereocenters. The van der Waals surface area contributed by atoms with Crippen LogP contribution >= 0.6 is 0 Å². The Morgan fingerprint density at radius 3 is 1.97 bits per heavy atom. The highest BCUT2D eigenvalue weighted by molar-refractivity contribution is 5.98. The second-order valence-corrected chi connectivity index (χ2v) is 9.00. The number of nitrogens with zero attached hydrogens (tertiary/aromatic N) is 3. The lowest BCUT2D eigenvalue weighted by atomic mass is 9.90. The molecule has 1 saturated heterocycles. The molecule has 1 aliphatic rings. The Bertz CT molecular complexity index is 1190. The first-order chi connectivity index (χ1) is 17.3. The summed E-state index contributed by atoms with van der Waals surface area (Å²) in [7, 11) is 0. The van der Waals surface area contributed by atoms with E-state index in [0.29, 0.717) is 0 Å². The molecular weight excluding hydrogens is 432 g/mol. The van der Waals surface area contributed by atoms with E-state index in [9.17, 15) is 4.79 Å². The lowest BCUT2D eigenvalue weighted by Gasteiger charge is -2.20. The molecule has 0 unspecified atom stereocenters. The number of aromatic nitrogens is 2. The smallest absolute Gasteiger partial charge is 0.236 e. The van der Waals surface area contributed by atoms with Crippen molar-refractivity contribution >= 4 is 17.4 Å². The summed E-state index contributed by atoms with van der Waals surface area (Å²) in [5.74, 6) is 0.476. The number of carbonyl (C=O) groups excluding carboxylic acids is 1. The SMILES string of the molecule is O=C(Nc1cccc(-c2ccc(N3CCCCCC3)nn2)c1)C(c1ccccc1)c1ccccc1. The van der Waals surface area contributed by atoms with Crippen molar-refractivity contribution in [2.24, 2.45) is 0 Å². The molecule has 176 valence electrons. The molecule has 5 nitrogen and oxygen atoms in total. The van der Waals surface area contributed by atoms with Gasteiger partial charge in [-0.25, -0.2) is 0 Å². The molecule has 35 heavy (non-hydrogen) atoms. The molecule has 3 aromatic carbocycles. The number of hydrogen-bond donors (Lipinski definition) is 1. The molecule has 0 saturated carbocycles. The van der Waals surface area contributed by atoms with Crippen molar-refractivity contribution in [2.75, 3.05) is 23.3 Å². The summed E-state index contributed by atoms with van der Waals surface area (Å²) in [5.41, 5.74) is 4.38. The van der Waals surface area contributed by atoms with E-state index < -0.39 is 5.92 Å². The third-order valence-corrected chi connectivity index (χ3v) is 6.53. The van der Waals surface area contributed by atoms with Gasteiger partial charge < -0.3 is 10.2 Å². The first kappa shape index (κ1) is 22.8. The van der Waals surface area contributed by atoms with Gasteiger partial charge in [0.25, 0.3) is 0 Å². The zero-order valence-electron chi connectivity index (χ0n) is 19.8. The second-order valence-electron chi connectivity index (χ2n) is 9.00. The minimum absolute atomic E-state index is 0.0675. The van der Waals surface area contributed by atoms with Gasteiger partial charge in [-0.1, -0.05) is 85.6 Å². The molecule has 1 N–H and O–H groups in total. The number of anilines is 2. The fraction of sp³-hybridized carbons (Fsp3) is 0.233. The zero-order chi connectivity index (χ0) is 23.9. The Labute approximate surface area is 206 Å². The van der Waals surface area contributed by atoms with E-state index in [2.05, 4.69) is 26.5 Å². The van der Waals surface area contributed by atoms with Crippen LogP contribution in [-0.2, 0) is 4.79 Å². The minimum atomic E-state index is -0.395. The predicted octanol–water partition coefficient (Wildman–Crippen LogP) is 6.29. The summed E-state index contributed by atoms with van der Waals surface area (Å²) in [4.78, 5) is 15.8. The Hall–Kier alpha value is -3.99. The normalized spacial score (nSPS) is 13.9. The van der Waals surface area contributed by atoms with Crippen LogP contribution in [0.4, 0.5) is 11.5 Å². The van der Waals surface area contributed by atoms with E-state index in [0.717, 1.165) is 47.0 Å². The number of hydrogen-bond acceptors (Lipinski definition) is 4. The Balaban J connectivity index is 1.35. The average molecular weight is 463 g/mol. The van der Waals surface area contributed by atoms with Gasteiger partial charge >= 0.3 is 0 Å². The highest BCUT2D eigenvalue weighted by atomic mass is 16.1. The van der Waals surface area contributed by atoms with Crippen molar-refractivity contribution in [2.45, 2.75) is 31.6 Å². The Morgan fingerprint density at radius 1 is 0.714 bits per heavy atom. The molecule has 1 amide bonds. The highest BCUT2D eigenvalue weighted by Crippen LogP contribution is 2.28. The van der Waals surface area contributed by atoms with Gasteiger partial charge in [0.15, 0.2) is 5.82 Å². The predicted molar refractivity (Wildman–Crippen MR) is 142 cm³/mol. The van der Waals surface area contributed by atoms with Gasteiger partial charge in [-0.2, -0.15) is 0 Å². The number of rotatable bonds is 6. The lowest BCUT2D eigenvalue weighted by molar-refractivity contribution is -0.116. The molecule has 5 heteroatoms. The number of amides is 1. The van der Waals surface area contributed by atoms with Crippen molar-refractivity contribution < 1.29 is 4.79 Å². The van der Waals surface area contributed by atoms with Crippen molar-refractivity contribution in [1.29, 1.82) is 0 Å². The summed E-state index contributed by atoms with van der Waals surface area (Å²) < 4.78 is 0. The maximum absolute atomic E-state index is 13.5. The first-order valence-electron chi connectivity index (χ1n) is 12.4. The van der Waals surface area contributed by atoms with E-state index >= 15 is 0 Å². The molecule has 4 aromatic rings. The third-order valence-electron chi connectivity index (χ3n) is 6.53. The Kier molecular flexibility index (Phi) is 7.13. The van der Waals surface area contributed by atoms with Crippen LogP contribution in [0.1, 0.15) is 42.7 Å². The van der Waals surface area contributed by atoms with Crippen LogP contribution in [0.2, 0.25) is 0 Å². The number of benzene rings is 3. The van der Waals surface area contributed by atoms with Crippen LogP contribution in [0.3, 0.4) is 0 Å². The van der Waals surface area contributed by atoms with Crippen LogP contribution in [-0.4, -0.2) is 29.2 Å². The van der Waals surface area contributed by atoms with E-state index in [1.54, 1.807) is 0 Å². The molecule has 1 aromatic heterocycles. The molecule has 1 aliphatic heterocycles. The van der Waals surface area contributed by atoms with Gasteiger partial charge in [-0.3, -0.25) is 4.79 Å². The van der Waals surface area contributed by atoms with E-state index in [-0.39, 0.29) is 5.91 Å². The summed E-state index contributed by atoms with van der Waals surface area (Å²) >= 11 is 0. The van der Waals surface area contributed by atoms with Crippen LogP contribution in [0.15, 0.2) is 97.1 Å². The van der Waals surface area contributed by atoms with E-state index in [1.807, 2.05) is 91.0 Å². The third kappa shape index (κ3) is 5.57. The largest absolute Gasteiger partial charge is 0.355 e. The maximum Gasteiger partial charge on any atom is 0.236 e. The summed E-state index contributed by atoms with van der Waals surface area (Å²) in [6.07, 6.45) is 4.99. The van der Waals surface area contributed by atoms with Gasteiger partial charge in [-0.15, -0.1) is 10.2 Å². The fourth-order valence-corrected chi connectivity index (χ4v) is 4.70. The van der Waals surface area contributed by atoms with Crippen molar-refractivity contribution in [1.82, 2.24) is 10.2 Å². The quantitative estimate of drug-likeness (QED) is 0.366. The van der Waals surface area contributed by atoms with Gasteiger partial charge in [0.1, 0.15) is 0 Å². The van der Waals surface area contributed by atoms with Gasteiger partial charge in [0.05, 0.1) is 11.6 Å². The summed E-state index contributed by atoms with van der Waals surface area (Å²) in [5, 5.41) is 12.1. The van der Waals surface area contributed by atoms with Crippen molar-refractivity contribution in [3.63, 3.8) is 0 Å². The highest BCUT2D eigenvalue weighted by Gasteiger charge is 2.22. The van der Waals surface area contributed by atoms with Gasteiger partial charge in [0, 0.05) is 24.3 Å². The summed E-state index contributed by atoms with van der Waals surface area (Å²) in [6.45, 7) is 2.08. The Morgan fingerprint density at radius 2 is 1.37 bits per heavy atom. The average Bonchev–Trinajstić information content (AvgIpc) is 3.20. The van der Waals surface area contributed by atoms with E-state index in [1.165, 1.54) is 25.7 Å². The fourth-order valence-electron chi connectivity index (χ4n) is 4.70. The molecule has 0 radical (unpaired) electrons. The number of carbonyl (C=O) groups is 1. The van der Waals surface area contributed by atoms with Gasteiger partial charge in [-0.05, 0) is 48.2 Å². The number of nitrogens with one attached hydrogen (secondary N) is 1.